The Morgan fingerprint density at radius 3 is 2.46 bits per heavy atom. The molecular weight excluding hydrogens is 354 g/mol. The van der Waals surface area contributed by atoms with Crippen LogP contribution in [0.1, 0.15) is 20.7 Å². The Labute approximate surface area is 158 Å². The number of hydrogen-bond donors (Lipinski definition) is 2. The number of methoxy groups -OCH3 is 1. The molecule has 0 unspecified atom stereocenters. The van der Waals surface area contributed by atoms with Gasteiger partial charge in [0.1, 0.15) is 5.75 Å². The van der Waals surface area contributed by atoms with Crippen molar-refractivity contribution in [1.29, 1.82) is 0 Å². The number of aromatic nitrogens is 2. The molecule has 0 saturated heterocycles. The standard InChI is InChI=1S/C22H15N3O3/c1-25-14-6-4-3-5-11(14)16-18-17(21(26)24-22(18)27)15-12-9-10(28-2)7-8-13(12)23-19(15)20(16)25/h3-9,23H,1-2H3,(H,24,26,27). The molecule has 3 heterocycles. The van der Waals surface area contributed by atoms with E-state index in [2.05, 4.69) is 14.9 Å². The van der Waals surface area contributed by atoms with E-state index in [0.717, 1.165) is 43.6 Å². The first-order valence-corrected chi connectivity index (χ1v) is 8.98. The van der Waals surface area contributed by atoms with Gasteiger partial charge in [0.15, 0.2) is 0 Å². The van der Waals surface area contributed by atoms with Gasteiger partial charge in [0, 0.05) is 39.6 Å². The van der Waals surface area contributed by atoms with Crippen molar-refractivity contribution in [3.63, 3.8) is 0 Å². The second-order valence-electron chi connectivity index (χ2n) is 7.12. The molecule has 0 saturated carbocycles. The molecule has 0 bridgehead atoms. The van der Waals surface area contributed by atoms with Crippen LogP contribution in [0.25, 0.3) is 43.6 Å². The summed E-state index contributed by atoms with van der Waals surface area (Å²) in [6.45, 7) is 0. The first-order valence-electron chi connectivity index (χ1n) is 8.98. The van der Waals surface area contributed by atoms with E-state index in [1.54, 1.807) is 7.11 Å². The Morgan fingerprint density at radius 1 is 0.929 bits per heavy atom. The second kappa shape index (κ2) is 4.92. The number of ether oxygens (including phenoxy) is 1. The molecule has 2 N–H and O–H groups in total. The first kappa shape index (κ1) is 15.3. The Kier molecular flexibility index (Phi) is 2.69. The van der Waals surface area contributed by atoms with Crippen LogP contribution in [0.5, 0.6) is 5.75 Å². The number of rotatable bonds is 1. The predicted octanol–water partition coefficient (Wildman–Crippen LogP) is 3.86. The van der Waals surface area contributed by atoms with Gasteiger partial charge >= 0.3 is 0 Å². The molecule has 0 aliphatic carbocycles. The number of para-hydroxylation sites is 1. The third-order valence-electron chi connectivity index (χ3n) is 5.78. The number of benzene rings is 3. The van der Waals surface area contributed by atoms with Crippen molar-refractivity contribution in [3.8, 4) is 5.75 Å². The van der Waals surface area contributed by atoms with Gasteiger partial charge in [-0.2, -0.15) is 0 Å². The Balaban J connectivity index is 2.00. The summed E-state index contributed by atoms with van der Waals surface area (Å²) in [4.78, 5) is 29.1. The Hall–Kier alpha value is -3.80. The van der Waals surface area contributed by atoms with Crippen molar-refractivity contribution in [2.24, 2.45) is 7.05 Å². The molecule has 6 rings (SSSR count). The number of nitrogens with one attached hydrogen (secondary N) is 2. The van der Waals surface area contributed by atoms with Crippen LogP contribution in [-0.2, 0) is 7.05 Å². The van der Waals surface area contributed by atoms with Crippen molar-refractivity contribution < 1.29 is 14.3 Å². The molecule has 0 fully saturated rings. The SMILES string of the molecule is COc1ccc2[nH]c3c(c4c(c5c6ccccc6n(C)c35)C(=O)NC4=O)c2c1. The summed E-state index contributed by atoms with van der Waals surface area (Å²) in [5.41, 5.74) is 4.55. The molecule has 6 heteroatoms. The minimum Gasteiger partial charge on any atom is -0.497 e. The second-order valence-corrected chi connectivity index (χ2v) is 7.12. The number of fused-ring (bicyclic) bond motifs is 10. The summed E-state index contributed by atoms with van der Waals surface area (Å²) in [7, 11) is 3.59. The smallest absolute Gasteiger partial charge is 0.259 e. The van der Waals surface area contributed by atoms with E-state index < -0.39 is 0 Å². The number of aryl methyl sites for hydroxylation is 1. The molecule has 0 radical (unpaired) electrons. The number of imide groups is 1. The highest BCUT2D eigenvalue weighted by Gasteiger charge is 2.35. The molecule has 6 nitrogen and oxygen atoms in total. The van der Waals surface area contributed by atoms with Crippen LogP contribution in [0, 0.1) is 0 Å². The number of carbonyl (C=O) groups is 2. The average Bonchev–Trinajstić information content (AvgIpc) is 3.32. The van der Waals surface area contributed by atoms with Gasteiger partial charge in [-0.3, -0.25) is 14.9 Å². The fraction of sp³-hybridized carbons (Fsp3) is 0.0909. The van der Waals surface area contributed by atoms with Gasteiger partial charge in [-0.1, -0.05) is 18.2 Å². The fourth-order valence-corrected chi connectivity index (χ4v) is 4.61. The van der Waals surface area contributed by atoms with Crippen LogP contribution < -0.4 is 10.1 Å². The highest BCUT2D eigenvalue weighted by molar-refractivity contribution is 6.39. The lowest BCUT2D eigenvalue weighted by Crippen LogP contribution is -2.20. The molecule has 1 aliphatic heterocycles. The first-order chi connectivity index (χ1) is 13.6. The number of nitrogens with zero attached hydrogens (tertiary/aromatic N) is 1. The van der Waals surface area contributed by atoms with E-state index in [9.17, 15) is 9.59 Å². The zero-order valence-electron chi connectivity index (χ0n) is 15.2. The lowest BCUT2D eigenvalue weighted by molar-refractivity contribution is 0.0880. The number of aromatic amines is 1. The molecule has 0 atom stereocenters. The van der Waals surface area contributed by atoms with Gasteiger partial charge in [0.25, 0.3) is 11.8 Å². The number of H-pyrrole nitrogens is 1. The van der Waals surface area contributed by atoms with E-state index in [1.807, 2.05) is 49.5 Å². The average molecular weight is 369 g/mol. The maximum absolute atomic E-state index is 12.8. The van der Waals surface area contributed by atoms with E-state index in [-0.39, 0.29) is 11.8 Å². The predicted molar refractivity (Wildman–Crippen MR) is 108 cm³/mol. The quantitative estimate of drug-likeness (QED) is 0.441. The van der Waals surface area contributed by atoms with Crippen molar-refractivity contribution >= 4 is 55.4 Å². The van der Waals surface area contributed by atoms with Crippen LogP contribution in [0.2, 0.25) is 0 Å². The molecule has 2 aromatic heterocycles. The summed E-state index contributed by atoms with van der Waals surface area (Å²) in [5.74, 6) is -0.00641. The number of amides is 2. The van der Waals surface area contributed by atoms with E-state index in [4.69, 9.17) is 4.74 Å². The zero-order valence-corrected chi connectivity index (χ0v) is 15.2. The molecular formula is C22H15N3O3. The maximum atomic E-state index is 12.8. The lowest BCUT2D eigenvalue weighted by atomic mass is 9.96. The molecule has 2 amide bonds. The summed E-state index contributed by atoms with van der Waals surface area (Å²) in [6.07, 6.45) is 0. The molecule has 28 heavy (non-hydrogen) atoms. The van der Waals surface area contributed by atoms with Gasteiger partial charge in [-0.15, -0.1) is 0 Å². The van der Waals surface area contributed by atoms with Gasteiger partial charge < -0.3 is 14.3 Å². The molecule has 0 spiro atoms. The van der Waals surface area contributed by atoms with E-state index in [0.29, 0.717) is 16.9 Å². The molecule has 5 aromatic rings. The Morgan fingerprint density at radius 2 is 1.68 bits per heavy atom. The van der Waals surface area contributed by atoms with Crippen LogP contribution in [-0.4, -0.2) is 28.5 Å². The largest absolute Gasteiger partial charge is 0.497 e. The Bertz CT molecular complexity index is 1520. The van der Waals surface area contributed by atoms with E-state index in [1.165, 1.54) is 0 Å². The summed E-state index contributed by atoms with van der Waals surface area (Å²) in [6, 6.07) is 13.6. The molecule has 3 aromatic carbocycles. The normalized spacial score (nSPS) is 13.8. The summed E-state index contributed by atoms with van der Waals surface area (Å²) < 4.78 is 7.46. The minimum atomic E-state index is -0.358. The van der Waals surface area contributed by atoms with Crippen molar-refractivity contribution in [2.75, 3.05) is 7.11 Å². The zero-order chi connectivity index (χ0) is 19.2. The van der Waals surface area contributed by atoms with Gasteiger partial charge in [-0.25, -0.2) is 0 Å². The lowest BCUT2D eigenvalue weighted by Gasteiger charge is -2.05. The van der Waals surface area contributed by atoms with Crippen LogP contribution in [0.4, 0.5) is 0 Å². The molecule has 136 valence electrons. The monoisotopic (exact) mass is 369 g/mol. The highest BCUT2D eigenvalue weighted by atomic mass is 16.5. The summed E-state index contributed by atoms with van der Waals surface area (Å²) >= 11 is 0. The number of carbonyl (C=O) groups excluding carboxylic acids is 2. The van der Waals surface area contributed by atoms with Gasteiger partial charge in [0.2, 0.25) is 0 Å². The van der Waals surface area contributed by atoms with Gasteiger partial charge in [-0.05, 0) is 24.3 Å². The van der Waals surface area contributed by atoms with Crippen molar-refractivity contribution in [1.82, 2.24) is 14.9 Å². The van der Waals surface area contributed by atoms with Crippen LogP contribution >= 0.6 is 0 Å². The third kappa shape index (κ3) is 1.63. The van der Waals surface area contributed by atoms with Crippen LogP contribution in [0.15, 0.2) is 42.5 Å². The fourth-order valence-electron chi connectivity index (χ4n) is 4.61. The highest BCUT2D eigenvalue weighted by Crippen LogP contribution is 2.43. The molecule has 1 aliphatic rings. The third-order valence-corrected chi connectivity index (χ3v) is 5.78. The van der Waals surface area contributed by atoms with Crippen LogP contribution in [0.3, 0.4) is 0 Å². The van der Waals surface area contributed by atoms with Crippen molar-refractivity contribution in [3.05, 3.63) is 53.6 Å². The summed E-state index contributed by atoms with van der Waals surface area (Å²) in [5, 5.41) is 5.88. The van der Waals surface area contributed by atoms with Crippen molar-refractivity contribution in [2.45, 2.75) is 0 Å². The van der Waals surface area contributed by atoms with Gasteiger partial charge in [0.05, 0.1) is 29.3 Å². The van der Waals surface area contributed by atoms with E-state index >= 15 is 0 Å². The number of hydrogen-bond acceptors (Lipinski definition) is 3. The maximum Gasteiger partial charge on any atom is 0.259 e. The topological polar surface area (TPSA) is 76.1 Å². The minimum absolute atomic E-state index is 0.347.